The summed E-state index contributed by atoms with van der Waals surface area (Å²) in [5, 5.41) is 13.5. The fraction of sp³-hybridized carbons (Fsp3) is 0.261. The molecule has 8 heteroatoms. The van der Waals surface area contributed by atoms with E-state index in [0.29, 0.717) is 10.8 Å². The summed E-state index contributed by atoms with van der Waals surface area (Å²) >= 11 is 9.37. The Labute approximate surface area is 195 Å². The van der Waals surface area contributed by atoms with Gasteiger partial charge < -0.3 is 9.30 Å². The van der Waals surface area contributed by atoms with E-state index in [1.165, 1.54) is 5.56 Å². The molecule has 1 atom stereocenters. The van der Waals surface area contributed by atoms with Gasteiger partial charge in [-0.1, -0.05) is 59.3 Å². The number of hydrogen-bond acceptors (Lipinski definition) is 6. The highest BCUT2D eigenvalue weighted by molar-refractivity contribution is 7.98. The van der Waals surface area contributed by atoms with Gasteiger partial charge in [0.1, 0.15) is 10.8 Å². The Morgan fingerprint density at radius 2 is 1.97 bits per heavy atom. The van der Waals surface area contributed by atoms with Gasteiger partial charge in [0.25, 0.3) is 0 Å². The minimum absolute atomic E-state index is 0.243. The number of thioether (sulfide) groups is 1. The van der Waals surface area contributed by atoms with Gasteiger partial charge in [0, 0.05) is 28.3 Å². The molecule has 4 aromatic rings. The monoisotopic (exact) mass is 470 g/mol. The lowest BCUT2D eigenvalue weighted by atomic mass is 10.2. The van der Waals surface area contributed by atoms with Crippen LogP contribution in [0.4, 0.5) is 0 Å². The van der Waals surface area contributed by atoms with Crippen LogP contribution in [0.25, 0.3) is 10.6 Å². The van der Waals surface area contributed by atoms with E-state index in [-0.39, 0.29) is 6.10 Å². The van der Waals surface area contributed by atoms with E-state index in [2.05, 4.69) is 58.3 Å². The number of aromatic nitrogens is 4. The molecule has 1 unspecified atom stereocenters. The Kier molecular flexibility index (Phi) is 6.95. The highest BCUT2D eigenvalue weighted by Crippen LogP contribution is 2.30. The smallest absolute Gasteiger partial charge is 0.191 e. The quantitative estimate of drug-likeness (QED) is 0.264. The van der Waals surface area contributed by atoms with Crippen LogP contribution >= 0.6 is 34.7 Å². The van der Waals surface area contributed by atoms with E-state index >= 15 is 0 Å². The van der Waals surface area contributed by atoms with Crippen molar-refractivity contribution in [3.8, 4) is 16.3 Å². The van der Waals surface area contributed by atoms with Crippen molar-refractivity contribution in [2.24, 2.45) is 0 Å². The maximum absolute atomic E-state index is 6.06. The zero-order valence-electron chi connectivity index (χ0n) is 17.6. The van der Waals surface area contributed by atoms with Gasteiger partial charge >= 0.3 is 0 Å². The summed E-state index contributed by atoms with van der Waals surface area (Å²) < 4.78 is 8.12. The normalized spacial score (nSPS) is 12.1. The highest BCUT2D eigenvalue weighted by Gasteiger charge is 2.19. The van der Waals surface area contributed by atoms with Gasteiger partial charge in [-0.15, -0.1) is 21.5 Å². The summed E-state index contributed by atoms with van der Waals surface area (Å²) in [6, 6.07) is 15.8. The lowest BCUT2D eigenvalue weighted by Crippen LogP contribution is -2.12. The van der Waals surface area contributed by atoms with Crippen LogP contribution in [0.1, 0.15) is 37.0 Å². The van der Waals surface area contributed by atoms with Crippen molar-refractivity contribution in [2.45, 2.75) is 44.3 Å². The van der Waals surface area contributed by atoms with Gasteiger partial charge in [-0.25, -0.2) is 4.98 Å². The summed E-state index contributed by atoms with van der Waals surface area (Å²) in [5.41, 5.74) is 3.44. The van der Waals surface area contributed by atoms with E-state index in [0.717, 1.165) is 39.5 Å². The van der Waals surface area contributed by atoms with Gasteiger partial charge in [-0.3, -0.25) is 0 Å². The minimum Gasteiger partial charge on any atom is -0.483 e. The molecule has 0 aliphatic heterocycles. The maximum Gasteiger partial charge on any atom is 0.191 e. The molecule has 0 N–H and O–H groups in total. The average molecular weight is 471 g/mol. The minimum atomic E-state index is -0.243. The zero-order chi connectivity index (χ0) is 21.8. The van der Waals surface area contributed by atoms with Crippen LogP contribution < -0.4 is 4.74 Å². The molecule has 0 bridgehead atoms. The third-order valence-corrected chi connectivity index (χ3v) is 6.91. The molecule has 2 heterocycles. The SMILES string of the molecule is CCn1c(SCc2csc(-c3ccc(C)cc3)n2)nnc1C(C)Oc1cccc(Cl)c1. The molecule has 4 rings (SSSR count). The first-order valence-electron chi connectivity index (χ1n) is 10.0. The molecular formula is C23H23ClN4OS2. The van der Waals surface area contributed by atoms with E-state index in [1.807, 2.05) is 25.1 Å². The van der Waals surface area contributed by atoms with Crippen LogP contribution in [0.15, 0.2) is 59.1 Å². The Morgan fingerprint density at radius 1 is 1.16 bits per heavy atom. The number of halogens is 1. The van der Waals surface area contributed by atoms with Gasteiger partial charge in [-0.2, -0.15) is 0 Å². The Hall–Kier alpha value is -2.35. The largest absolute Gasteiger partial charge is 0.483 e. The summed E-state index contributed by atoms with van der Waals surface area (Å²) in [5.74, 6) is 2.25. The molecule has 0 saturated carbocycles. The summed E-state index contributed by atoms with van der Waals surface area (Å²) in [6.45, 7) is 6.91. The lowest BCUT2D eigenvalue weighted by molar-refractivity contribution is 0.210. The van der Waals surface area contributed by atoms with Crippen LogP contribution in [-0.4, -0.2) is 19.7 Å². The van der Waals surface area contributed by atoms with Crippen molar-refractivity contribution in [1.29, 1.82) is 0 Å². The van der Waals surface area contributed by atoms with E-state index < -0.39 is 0 Å². The number of benzene rings is 2. The first kappa shape index (κ1) is 21.9. The van der Waals surface area contributed by atoms with Crippen molar-refractivity contribution in [3.05, 3.63) is 76.0 Å². The van der Waals surface area contributed by atoms with Crippen LogP contribution in [0.5, 0.6) is 5.75 Å². The van der Waals surface area contributed by atoms with E-state index in [4.69, 9.17) is 21.3 Å². The molecule has 0 spiro atoms. The first-order chi connectivity index (χ1) is 15.0. The lowest BCUT2D eigenvalue weighted by Gasteiger charge is -2.15. The number of rotatable bonds is 8. The molecular weight excluding hydrogens is 448 g/mol. The highest BCUT2D eigenvalue weighted by atomic mass is 35.5. The third-order valence-electron chi connectivity index (χ3n) is 4.73. The Balaban J connectivity index is 1.44. The van der Waals surface area contributed by atoms with Crippen LogP contribution in [-0.2, 0) is 12.3 Å². The average Bonchev–Trinajstić information content (AvgIpc) is 3.39. The third kappa shape index (κ3) is 5.29. The molecule has 31 heavy (non-hydrogen) atoms. The second-order valence-electron chi connectivity index (χ2n) is 7.10. The van der Waals surface area contributed by atoms with Gasteiger partial charge in [-0.05, 0) is 39.0 Å². The van der Waals surface area contributed by atoms with E-state index in [9.17, 15) is 0 Å². The van der Waals surface area contributed by atoms with Crippen molar-refractivity contribution < 1.29 is 4.74 Å². The number of nitrogens with zero attached hydrogens (tertiary/aromatic N) is 4. The summed E-state index contributed by atoms with van der Waals surface area (Å²) in [7, 11) is 0. The molecule has 2 aromatic carbocycles. The Bertz CT molecular complexity index is 1160. The zero-order valence-corrected chi connectivity index (χ0v) is 20.0. The summed E-state index contributed by atoms with van der Waals surface area (Å²) in [6.07, 6.45) is -0.243. The standard InChI is InChI=1S/C23H23ClN4OS2/c1-4-28-21(16(3)29-20-7-5-6-18(24)12-20)26-27-23(28)31-14-19-13-30-22(25-19)17-10-8-15(2)9-11-17/h5-13,16H,4,14H2,1-3H3. The topological polar surface area (TPSA) is 52.8 Å². The van der Waals surface area contributed by atoms with Crippen LogP contribution in [0.2, 0.25) is 5.02 Å². The molecule has 5 nitrogen and oxygen atoms in total. The number of aryl methyl sites for hydroxylation is 1. The van der Waals surface area contributed by atoms with Crippen molar-refractivity contribution in [1.82, 2.24) is 19.7 Å². The molecule has 0 radical (unpaired) electrons. The molecule has 0 amide bonds. The maximum atomic E-state index is 6.06. The number of ether oxygens (including phenoxy) is 1. The molecule has 0 aliphatic carbocycles. The number of hydrogen-bond donors (Lipinski definition) is 0. The van der Waals surface area contributed by atoms with Crippen LogP contribution in [0.3, 0.4) is 0 Å². The van der Waals surface area contributed by atoms with Crippen molar-refractivity contribution >= 4 is 34.7 Å². The second kappa shape index (κ2) is 9.85. The predicted octanol–water partition coefficient (Wildman–Crippen LogP) is 6.82. The summed E-state index contributed by atoms with van der Waals surface area (Å²) in [4.78, 5) is 4.79. The van der Waals surface area contributed by atoms with Gasteiger partial charge in [0.05, 0.1) is 5.69 Å². The molecule has 0 saturated heterocycles. The fourth-order valence-corrected chi connectivity index (χ4v) is 5.16. The van der Waals surface area contributed by atoms with Gasteiger partial charge in [0.15, 0.2) is 17.1 Å². The first-order valence-corrected chi connectivity index (χ1v) is 12.3. The molecule has 0 fully saturated rings. The Morgan fingerprint density at radius 3 is 2.71 bits per heavy atom. The van der Waals surface area contributed by atoms with E-state index in [1.54, 1.807) is 29.2 Å². The second-order valence-corrected chi connectivity index (χ2v) is 9.34. The predicted molar refractivity (Wildman–Crippen MR) is 128 cm³/mol. The fourth-order valence-electron chi connectivity index (χ4n) is 3.14. The van der Waals surface area contributed by atoms with Gasteiger partial charge in [0.2, 0.25) is 0 Å². The van der Waals surface area contributed by atoms with Crippen molar-refractivity contribution in [2.75, 3.05) is 0 Å². The molecule has 2 aromatic heterocycles. The molecule has 160 valence electrons. The van der Waals surface area contributed by atoms with Crippen LogP contribution in [0, 0.1) is 6.92 Å². The number of thiazole rings is 1. The molecule has 0 aliphatic rings. The van der Waals surface area contributed by atoms with Crippen molar-refractivity contribution in [3.63, 3.8) is 0 Å².